The molecule has 1 heterocycles. The summed E-state index contributed by atoms with van der Waals surface area (Å²) in [5, 5.41) is 3.24. The highest BCUT2D eigenvalue weighted by Gasteiger charge is 2.26. The maximum atomic E-state index is 11.4. The molecule has 14 heavy (non-hydrogen) atoms. The summed E-state index contributed by atoms with van der Waals surface area (Å²) in [7, 11) is 0. The Bertz CT molecular complexity index is 389. The third-order valence-corrected chi connectivity index (χ3v) is 2.30. The number of nitrogens with zero attached hydrogens (tertiary/aromatic N) is 1. The zero-order valence-electron chi connectivity index (χ0n) is 7.36. The SMILES string of the molecule is Nc1cccc(N2C(=O)CNC2=S)c1. The molecular formula is C9H9N3OS. The second-order valence-corrected chi connectivity index (χ2v) is 3.37. The minimum Gasteiger partial charge on any atom is -0.399 e. The van der Waals surface area contributed by atoms with Gasteiger partial charge in [0, 0.05) is 5.69 Å². The van der Waals surface area contributed by atoms with Gasteiger partial charge in [0.1, 0.15) is 0 Å². The van der Waals surface area contributed by atoms with Crippen molar-refractivity contribution in [3.63, 3.8) is 0 Å². The van der Waals surface area contributed by atoms with Crippen molar-refractivity contribution in [2.75, 3.05) is 17.2 Å². The molecule has 4 nitrogen and oxygen atoms in total. The molecule has 0 aromatic heterocycles. The highest BCUT2D eigenvalue weighted by atomic mass is 32.1. The van der Waals surface area contributed by atoms with Gasteiger partial charge >= 0.3 is 0 Å². The van der Waals surface area contributed by atoms with Gasteiger partial charge in [0.05, 0.1) is 12.2 Å². The lowest BCUT2D eigenvalue weighted by Crippen LogP contribution is -2.30. The first-order valence-electron chi connectivity index (χ1n) is 4.15. The lowest BCUT2D eigenvalue weighted by Gasteiger charge is -2.14. The number of hydrogen-bond donors (Lipinski definition) is 2. The first-order chi connectivity index (χ1) is 6.68. The van der Waals surface area contributed by atoms with E-state index in [4.69, 9.17) is 18.0 Å². The van der Waals surface area contributed by atoms with Crippen LogP contribution in [0.15, 0.2) is 24.3 Å². The highest BCUT2D eigenvalue weighted by molar-refractivity contribution is 7.80. The number of nitrogens with two attached hydrogens (primary N) is 1. The topological polar surface area (TPSA) is 58.4 Å². The van der Waals surface area contributed by atoms with Crippen LogP contribution in [0.4, 0.5) is 11.4 Å². The predicted octanol–water partition coefficient (Wildman–Crippen LogP) is 0.490. The quantitative estimate of drug-likeness (QED) is 0.520. The maximum absolute atomic E-state index is 11.4. The predicted molar refractivity (Wildman–Crippen MR) is 58.9 cm³/mol. The number of benzene rings is 1. The Hall–Kier alpha value is -1.62. The number of hydrogen-bond acceptors (Lipinski definition) is 3. The van der Waals surface area contributed by atoms with E-state index in [9.17, 15) is 4.79 Å². The molecule has 0 bridgehead atoms. The number of carbonyl (C=O) groups excluding carboxylic acids is 1. The van der Waals surface area contributed by atoms with Gasteiger partial charge in [-0.05, 0) is 30.4 Å². The number of nitrogens with one attached hydrogen (secondary N) is 1. The molecule has 2 rings (SSSR count). The van der Waals surface area contributed by atoms with Crippen LogP contribution in [0.5, 0.6) is 0 Å². The summed E-state index contributed by atoms with van der Waals surface area (Å²) in [5.74, 6) is -0.0550. The average Bonchev–Trinajstić information content (AvgIpc) is 2.46. The number of rotatable bonds is 1. The molecule has 72 valence electrons. The van der Waals surface area contributed by atoms with Crippen molar-refractivity contribution in [3.05, 3.63) is 24.3 Å². The number of anilines is 2. The summed E-state index contributed by atoms with van der Waals surface area (Å²) < 4.78 is 0. The van der Waals surface area contributed by atoms with Gasteiger partial charge in [0.25, 0.3) is 5.91 Å². The van der Waals surface area contributed by atoms with E-state index in [1.54, 1.807) is 24.3 Å². The molecule has 5 heteroatoms. The number of carbonyl (C=O) groups is 1. The summed E-state index contributed by atoms with van der Waals surface area (Å²) in [5.41, 5.74) is 6.94. The molecular weight excluding hydrogens is 198 g/mol. The number of nitrogen functional groups attached to an aromatic ring is 1. The van der Waals surface area contributed by atoms with Crippen LogP contribution in [0.3, 0.4) is 0 Å². The van der Waals surface area contributed by atoms with Gasteiger partial charge in [-0.3, -0.25) is 9.69 Å². The van der Waals surface area contributed by atoms with Gasteiger partial charge in [0.15, 0.2) is 5.11 Å². The molecule has 1 saturated heterocycles. The molecule has 1 aromatic carbocycles. The van der Waals surface area contributed by atoms with E-state index in [-0.39, 0.29) is 12.5 Å². The van der Waals surface area contributed by atoms with Crippen LogP contribution < -0.4 is 16.0 Å². The van der Waals surface area contributed by atoms with Gasteiger partial charge < -0.3 is 11.1 Å². The van der Waals surface area contributed by atoms with Crippen LogP contribution in [0, 0.1) is 0 Å². The second-order valence-electron chi connectivity index (χ2n) is 2.98. The third-order valence-electron chi connectivity index (χ3n) is 1.97. The van der Waals surface area contributed by atoms with Crippen LogP contribution in [-0.2, 0) is 4.79 Å². The molecule has 1 aliphatic rings. The van der Waals surface area contributed by atoms with Gasteiger partial charge in [-0.2, -0.15) is 0 Å². The Morgan fingerprint density at radius 3 is 2.86 bits per heavy atom. The summed E-state index contributed by atoms with van der Waals surface area (Å²) in [6.07, 6.45) is 0. The summed E-state index contributed by atoms with van der Waals surface area (Å²) in [4.78, 5) is 12.9. The van der Waals surface area contributed by atoms with Crippen LogP contribution in [-0.4, -0.2) is 17.6 Å². The Morgan fingerprint density at radius 1 is 1.50 bits per heavy atom. The fraction of sp³-hybridized carbons (Fsp3) is 0.111. The molecule has 0 spiro atoms. The van der Waals surface area contributed by atoms with E-state index >= 15 is 0 Å². The van der Waals surface area contributed by atoms with Gasteiger partial charge in [-0.1, -0.05) is 6.07 Å². The van der Waals surface area contributed by atoms with Crippen molar-refractivity contribution in [1.82, 2.24) is 5.32 Å². The Labute approximate surface area is 86.7 Å². The van der Waals surface area contributed by atoms with Crippen LogP contribution in [0.1, 0.15) is 0 Å². The maximum Gasteiger partial charge on any atom is 0.252 e. The Balaban J connectivity index is 2.39. The van der Waals surface area contributed by atoms with E-state index in [1.165, 1.54) is 4.90 Å². The Morgan fingerprint density at radius 2 is 2.29 bits per heavy atom. The zero-order valence-corrected chi connectivity index (χ0v) is 8.17. The first-order valence-corrected chi connectivity index (χ1v) is 4.55. The van der Waals surface area contributed by atoms with E-state index in [0.29, 0.717) is 16.5 Å². The molecule has 0 atom stereocenters. The first kappa shape index (κ1) is 8.96. The van der Waals surface area contributed by atoms with Crippen LogP contribution in [0.2, 0.25) is 0 Å². The lowest BCUT2D eigenvalue weighted by atomic mass is 10.2. The normalized spacial score (nSPS) is 15.9. The molecule has 1 fully saturated rings. The van der Waals surface area contributed by atoms with Crippen LogP contribution >= 0.6 is 12.2 Å². The summed E-state index contributed by atoms with van der Waals surface area (Å²) in [6.45, 7) is 0.258. The molecule has 0 radical (unpaired) electrons. The van der Waals surface area contributed by atoms with E-state index in [1.807, 2.05) is 0 Å². The van der Waals surface area contributed by atoms with Crippen molar-refractivity contribution in [3.8, 4) is 0 Å². The average molecular weight is 207 g/mol. The summed E-state index contributed by atoms with van der Waals surface area (Å²) >= 11 is 5.00. The standard InChI is InChI=1S/C9H9N3OS/c10-6-2-1-3-7(4-6)12-8(13)5-11-9(12)14/h1-4H,5,10H2,(H,11,14). The number of amides is 1. The lowest BCUT2D eigenvalue weighted by molar-refractivity contribution is -0.115. The molecule has 1 aromatic rings. The van der Waals surface area contributed by atoms with Gasteiger partial charge in [-0.25, -0.2) is 0 Å². The number of thiocarbonyl (C=S) groups is 1. The van der Waals surface area contributed by atoms with E-state index in [0.717, 1.165) is 0 Å². The van der Waals surface area contributed by atoms with E-state index < -0.39 is 0 Å². The smallest absolute Gasteiger partial charge is 0.252 e. The van der Waals surface area contributed by atoms with Crippen molar-refractivity contribution >= 4 is 34.6 Å². The molecule has 1 amide bonds. The monoisotopic (exact) mass is 207 g/mol. The van der Waals surface area contributed by atoms with Crippen molar-refractivity contribution in [2.45, 2.75) is 0 Å². The highest BCUT2D eigenvalue weighted by Crippen LogP contribution is 2.19. The Kier molecular flexibility index (Phi) is 2.09. The fourth-order valence-corrected chi connectivity index (χ4v) is 1.63. The van der Waals surface area contributed by atoms with Gasteiger partial charge in [0.2, 0.25) is 0 Å². The van der Waals surface area contributed by atoms with Crippen LogP contribution in [0.25, 0.3) is 0 Å². The zero-order chi connectivity index (χ0) is 10.1. The molecule has 0 aliphatic carbocycles. The molecule has 0 unspecified atom stereocenters. The molecule has 1 aliphatic heterocycles. The minimum absolute atomic E-state index is 0.0550. The van der Waals surface area contributed by atoms with Gasteiger partial charge in [-0.15, -0.1) is 0 Å². The summed E-state index contributed by atoms with van der Waals surface area (Å²) in [6, 6.07) is 7.07. The van der Waals surface area contributed by atoms with Crippen molar-refractivity contribution in [1.29, 1.82) is 0 Å². The van der Waals surface area contributed by atoms with Crippen molar-refractivity contribution in [2.24, 2.45) is 0 Å². The second kappa shape index (κ2) is 3.26. The largest absolute Gasteiger partial charge is 0.399 e. The minimum atomic E-state index is -0.0550. The fourth-order valence-electron chi connectivity index (χ4n) is 1.35. The van der Waals surface area contributed by atoms with E-state index in [2.05, 4.69) is 5.32 Å². The molecule has 3 N–H and O–H groups in total. The molecule has 0 saturated carbocycles. The van der Waals surface area contributed by atoms with Crippen molar-refractivity contribution < 1.29 is 4.79 Å². The third kappa shape index (κ3) is 1.42.